The number of aldehydes is 1. The number of sulfonamides is 1. The fourth-order valence-electron chi connectivity index (χ4n) is 6.49. The monoisotopic (exact) mass is 1250 g/mol. The Kier molecular flexibility index (Phi) is 19.9. The fourth-order valence-corrected chi connectivity index (χ4v) is 9.30. The maximum absolute atomic E-state index is 15.3. The van der Waals surface area contributed by atoms with Crippen molar-refractivity contribution < 1.29 is 124 Å². The van der Waals surface area contributed by atoms with Crippen molar-refractivity contribution in [3.05, 3.63) is 173 Å². The second-order valence-electron chi connectivity index (χ2n) is 16.0. The minimum atomic E-state index is -5.24. The summed E-state index contributed by atoms with van der Waals surface area (Å²) in [7, 11) is -6.78. The average Bonchev–Trinajstić information content (AvgIpc) is 3.56. The van der Waals surface area contributed by atoms with Gasteiger partial charge in [-0.3, -0.25) is 4.79 Å². The molecule has 2 heterocycles. The number of sulfone groups is 1. The summed E-state index contributed by atoms with van der Waals surface area (Å²) >= 11 is 0. The van der Waals surface area contributed by atoms with Crippen LogP contribution in [0, 0.1) is 23.3 Å². The molecular formula is C48H30F19N5O9S2. The predicted octanol–water partition coefficient (Wildman–Crippen LogP) is 13.3. The van der Waals surface area contributed by atoms with Gasteiger partial charge in [0, 0.05) is 48.3 Å². The second kappa shape index (κ2) is 25.3. The van der Waals surface area contributed by atoms with E-state index in [1.807, 2.05) is 0 Å². The first-order valence-corrected chi connectivity index (χ1v) is 24.8. The maximum atomic E-state index is 15.3. The van der Waals surface area contributed by atoms with Crippen LogP contribution in [0.15, 0.2) is 126 Å². The quantitative estimate of drug-likeness (QED) is 0.0743. The SMILES string of the molecule is COc1ccc(CN(c2ccncn2)S(=O)(=O)c2cc(F)c(Oc3cc(C(F)(F)F)cc(C(F)(F)F)c3)cc2F)c(OC)c1.O=CC(F)(F)F.O=S(=O)(Cc1ccncn1)c1cc(F)c(Oc2cc(C(F)(F)F)cc(C(F)(F)F)c2)cc1F. The summed E-state index contributed by atoms with van der Waals surface area (Å²) in [6.45, 7) is -0.518. The Balaban J connectivity index is 0.000000286. The van der Waals surface area contributed by atoms with Crippen LogP contribution in [-0.4, -0.2) is 63.5 Å². The second-order valence-corrected chi connectivity index (χ2v) is 19.8. The third-order valence-corrected chi connectivity index (χ3v) is 13.6. The minimum Gasteiger partial charge on any atom is -0.497 e. The van der Waals surface area contributed by atoms with Gasteiger partial charge < -0.3 is 18.9 Å². The molecule has 5 aromatic carbocycles. The van der Waals surface area contributed by atoms with Gasteiger partial charge in [-0.15, -0.1) is 0 Å². The molecule has 14 nitrogen and oxygen atoms in total. The largest absolute Gasteiger partial charge is 0.497 e. The zero-order chi connectivity index (χ0) is 62.3. The Morgan fingerprint density at radius 3 is 1.31 bits per heavy atom. The zero-order valence-corrected chi connectivity index (χ0v) is 42.5. The summed E-state index contributed by atoms with van der Waals surface area (Å²) in [5.41, 5.74) is -6.79. The van der Waals surface area contributed by atoms with Gasteiger partial charge in [-0.25, -0.2) is 58.6 Å². The normalized spacial score (nSPS) is 12.3. The maximum Gasteiger partial charge on any atom is 0.446 e. The number of alkyl halides is 15. The van der Waals surface area contributed by atoms with Gasteiger partial charge in [0.05, 0.1) is 54.5 Å². The number of carbonyl (C=O) groups is 1. The lowest BCUT2D eigenvalue weighted by Gasteiger charge is -2.25. The topological polar surface area (TPSA) is 177 Å². The molecule has 446 valence electrons. The van der Waals surface area contributed by atoms with Crippen LogP contribution in [0.5, 0.6) is 34.5 Å². The molecule has 0 aliphatic heterocycles. The van der Waals surface area contributed by atoms with Crippen LogP contribution < -0.4 is 23.3 Å². The van der Waals surface area contributed by atoms with E-state index in [1.165, 1.54) is 56.9 Å². The zero-order valence-electron chi connectivity index (χ0n) is 40.9. The summed E-state index contributed by atoms with van der Waals surface area (Å²) < 4.78 is 320. The highest BCUT2D eigenvalue weighted by Gasteiger charge is 2.40. The molecule has 7 aromatic rings. The molecule has 83 heavy (non-hydrogen) atoms. The smallest absolute Gasteiger partial charge is 0.446 e. The highest BCUT2D eigenvalue weighted by Crippen LogP contribution is 2.43. The van der Waals surface area contributed by atoms with Crippen molar-refractivity contribution in [2.24, 2.45) is 0 Å². The van der Waals surface area contributed by atoms with E-state index in [0.29, 0.717) is 10.1 Å². The lowest BCUT2D eigenvalue weighted by molar-refractivity contribution is -0.156. The Bertz CT molecular complexity index is 3600. The summed E-state index contributed by atoms with van der Waals surface area (Å²) in [6, 6.07) is 7.82. The summed E-state index contributed by atoms with van der Waals surface area (Å²) in [5, 5.41) is 0. The first kappa shape index (κ1) is 65.3. The average molecular weight is 1250 g/mol. The van der Waals surface area contributed by atoms with Gasteiger partial charge in [-0.2, -0.15) is 65.9 Å². The molecule has 0 fully saturated rings. The van der Waals surface area contributed by atoms with Crippen molar-refractivity contribution in [3.63, 3.8) is 0 Å². The lowest BCUT2D eigenvalue weighted by atomic mass is 10.1. The molecule has 0 atom stereocenters. The molecule has 35 heteroatoms. The molecule has 0 N–H and O–H groups in total. The number of methoxy groups -OCH3 is 2. The Morgan fingerprint density at radius 1 is 0.494 bits per heavy atom. The van der Waals surface area contributed by atoms with Gasteiger partial charge in [0.25, 0.3) is 10.0 Å². The molecule has 0 bridgehead atoms. The number of halogens is 19. The van der Waals surface area contributed by atoms with E-state index in [4.69, 9.17) is 23.7 Å². The molecule has 0 unspecified atom stereocenters. The molecule has 0 saturated heterocycles. The first-order valence-electron chi connectivity index (χ1n) is 21.7. The molecule has 0 radical (unpaired) electrons. The number of benzene rings is 5. The Labute approximate surface area is 453 Å². The van der Waals surface area contributed by atoms with Crippen LogP contribution in [0.25, 0.3) is 0 Å². The van der Waals surface area contributed by atoms with E-state index < -0.39 is 148 Å². The molecule has 0 aliphatic carbocycles. The first-order chi connectivity index (χ1) is 38.3. The highest BCUT2D eigenvalue weighted by molar-refractivity contribution is 7.92. The number of aromatic nitrogens is 4. The van der Waals surface area contributed by atoms with E-state index in [2.05, 4.69) is 19.9 Å². The number of rotatable bonds is 14. The van der Waals surface area contributed by atoms with Gasteiger partial charge in [-0.1, -0.05) is 0 Å². The van der Waals surface area contributed by atoms with Gasteiger partial charge in [0.15, 0.2) is 33.0 Å². The number of hydrogen-bond donors (Lipinski definition) is 0. The van der Waals surface area contributed by atoms with E-state index in [1.54, 1.807) is 0 Å². The van der Waals surface area contributed by atoms with Crippen molar-refractivity contribution in [1.29, 1.82) is 0 Å². The lowest BCUT2D eigenvalue weighted by Crippen LogP contribution is -2.32. The number of ether oxygens (including phenoxy) is 4. The number of carbonyl (C=O) groups excluding carboxylic acids is 1. The highest BCUT2D eigenvalue weighted by atomic mass is 32.2. The van der Waals surface area contributed by atoms with E-state index in [-0.39, 0.29) is 83.5 Å². The fraction of sp³-hybridized carbons (Fsp3) is 0.188. The van der Waals surface area contributed by atoms with Crippen molar-refractivity contribution in [3.8, 4) is 34.5 Å². The molecule has 7 rings (SSSR count). The molecule has 2 aromatic heterocycles. The minimum absolute atomic E-state index is 0.0335. The van der Waals surface area contributed by atoms with Crippen LogP contribution >= 0.6 is 0 Å². The molecule has 0 aliphatic rings. The van der Waals surface area contributed by atoms with Crippen molar-refractivity contribution in [1.82, 2.24) is 19.9 Å². The number of hydrogen-bond acceptors (Lipinski definition) is 13. The summed E-state index contributed by atoms with van der Waals surface area (Å²) in [4.78, 5) is 21.2. The van der Waals surface area contributed by atoms with Crippen molar-refractivity contribution in [2.75, 3.05) is 18.5 Å². The van der Waals surface area contributed by atoms with Crippen molar-refractivity contribution >= 4 is 32.0 Å². The van der Waals surface area contributed by atoms with Gasteiger partial charge in [0.1, 0.15) is 62.9 Å². The van der Waals surface area contributed by atoms with Gasteiger partial charge in [-0.05, 0) is 60.7 Å². The number of anilines is 1. The van der Waals surface area contributed by atoms with Crippen LogP contribution in [-0.2, 0) is 61.7 Å². The third kappa shape index (κ3) is 17.5. The molecular weight excluding hydrogens is 1220 g/mol. The van der Waals surface area contributed by atoms with Crippen molar-refractivity contribution in [2.45, 2.75) is 53.0 Å². The van der Waals surface area contributed by atoms with Crippen LogP contribution in [0.4, 0.5) is 89.2 Å². The number of nitrogens with zero attached hydrogens (tertiary/aromatic N) is 5. The molecule has 0 spiro atoms. The Morgan fingerprint density at radius 2 is 0.928 bits per heavy atom. The Hall–Kier alpha value is -8.50. The van der Waals surface area contributed by atoms with Crippen LogP contribution in [0.3, 0.4) is 0 Å². The van der Waals surface area contributed by atoms with Crippen LogP contribution in [0.1, 0.15) is 33.5 Å². The van der Waals surface area contributed by atoms with E-state index in [0.717, 1.165) is 12.7 Å². The summed E-state index contributed by atoms with van der Waals surface area (Å²) in [5.74, 6) is -11.4. The van der Waals surface area contributed by atoms with Crippen LogP contribution in [0.2, 0.25) is 0 Å². The third-order valence-electron chi connectivity index (χ3n) is 10.2. The van der Waals surface area contributed by atoms with E-state index in [9.17, 15) is 91.5 Å². The summed E-state index contributed by atoms with van der Waals surface area (Å²) in [6.07, 6.45) is -22.1. The predicted molar refractivity (Wildman–Crippen MR) is 246 cm³/mol. The molecule has 0 saturated carbocycles. The van der Waals surface area contributed by atoms with Gasteiger partial charge >= 0.3 is 30.9 Å². The standard InChI is InChI=1S/C27H19F8N3O5S.C19H10F8N2O3S.C2HF3O/c1-41-18-4-3-15(22(10-18)42-2)13-38(25-5-6-36-14-37-25)44(39,40)24-12-20(28)23(11-21(24)29)43-19-8-16(26(30,31)32)7-17(9-19)27(33,34)35;20-14-7-17(33(30,31)8-12-1-2-28-9-29-12)15(21)6-16(14)32-13-4-10(18(22,23)24)3-11(5-13)19(25,26)27;3-2(4,5)1-6/h3-12,14H,13H2,1-2H3;1-7,9H,8H2;1H. The van der Waals surface area contributed by atoms with Gasteiger partial charge in [0.2, 0.25) is 6.29 Å². The molecule has 0 amide bonds. The van der Waals surface area contributed by atoms with E-state index >= 15 is 8.78 Å².